The van der Waals surface area contributed by atoms with E-state index in [0.717, 1.165) is 11.1 Å². The molecular weight excluding hydrogens is 588 g/mol. The Bertz CT molecular complexity index is 1810. The molecule has 9 nitrogen and oxygen atoms in total. The molecule has 0 aromatic heterocycles. The minimum Gasteiger partial charge on any atom is -0.462 e. The molecule has 45 heavy (non-hydrogen) atoms. The lowest BCUT2D eigenvalue weighted by molar-refractivity contribution is -0.110. The predicted molar refractivity (Wildman–Crippen MR) is 179 cm³/mol. The van der Waals surface area contributed by atoms with Gasteiger partial charge in [-0.2, -0.15) is 0 Å². The van der Waals surface area contributed by atoms with E-state index < -0.39 is 16.0 Å². The van der Waals surface area contributed by atoms with Crippen LogP contribution in [0.1, 0.15) is 34.0 Å². The zero-order valence-electron chi connectivity index (χ0n) is 25.5. The molecule has 0 spiro atoms. The molecule has 4 aromatic rings. The SMILES string of the molecule is CCOC(=O)c1ccc2c(c1)NC(=O)/C2=C(\Nc1ccc(N(CCN(C)Cc2ccccc2)S(C)(=O)=O)cc1)c1ccccc1. The van der Waals surface area contributed by atoms with E-state index in [0.29, 0.717) is 59.1 Å². The van der Waals surface area contributed by atoms with E-state index in [-0.39, 0.29) is 12.5 Å². The zero-order valence-corrected chi connectivity index (χ0v) is 26.3. The molecule has 10 heteroatoms. The summed E-state index contributed by atoms with van der Waals surface area (Å²) in [5, 5.41) is 6.28. The van der Waals surface area contributed by atoms with Gasteiger partial charge in [-0.15, -0.1) is 0 Å². The molecule has 1 aliphatic rings. The summed E-state index contributed by atoms with van der Waals surface area (Å²) in [6.07, 6.45) is 1.21. The number of benzene rings is 4. The summed E-state index contributed by atoms with van der Waals surface area (Å²) in [5.41, 5.74) is 5.68. The lowest BCUT2D eigenvalue weighted by Gasteiger charge is -2.26. The molecular formula is C35H36N4O5S. The highest BCUT2D eigenvalue weighted by molar-refractivity contribution is 7.92. The van der Waals surface area contributed by atoms with E-state index in [1.54, 1.807) is 49.4 Å². The Morgan fingerprint density at radius 2 is 1.53 bits per heavy atom. The van der Waals surface area contributed by atoms with Gasteiger partial charge in [-0.1, -0.05) is 66.7 Å². The van der Waals surface area contributed by atoms with Gasteiger partial charge >= 0.3 is 5.97 Å². The van der Waals surface area contributed by atoms with Crippen LogP contribution in [0.2, 0.25) is 0 Å². The third-order valence-electron chi connectivity index (χ3n) is 7.39. The van der Waals surface area contributed by atoms with E-state index in [9.17, 15) is 18.0 Å². The summed E-state index contributed by atoms with van der Waals surface area (Å²) >= 11 is 0. The van der Waals surface area contributed by atoms with Gasteiger partial charge in [0.05, 0.1) is 41.1 Å². The van der Waals surface area contributed by atoms with Gasteiger partial charge in [0.15, 0.2) is 0 Å². The van der Waals surface area contributed by atoms with Crippen molar-refractivity contribution in [2.24, 2.45) is 0 Å². The Hall–Kier alpha value is -4.93. The minimum atomic E-state index is -3.54. The molecule has 4 aromatic carbocycles. The van der Waals surface area contributed by atoms with Crippen LogP contribution in [0.5, 0.6) is 0 Å². The largest absolute Gasteiger partial charge is 0.462 e. The number of carbonyl (C=O) groups excluding carboxylic acids is 2. The average Bonchev–Trinajstić information content (AvgIpc) is 3.35. The fraction of sp³-hybridized carbons (Fsp3) is 0.200. The Balaban J connectivity index is 1.41. The van der Waals surface area contributed by atoms with Crippen LogP contribution in [0.15, 0.2) is 103 Å². The second-order valence-corrected chi connectivity index (χ2v) is 12.7. The lowest BCUT2D eigenvalue weighted by Crippen LogP contribution is -2.36. The Kier molecular flexibility index (Phi) is 9.65. The van der Waals surface area contributed by atoms with Gasteiger partial charge in [0.2, 0.25) is 10.0 Å². The molecule has 0 radical (unpaired) electrons. The van der Waals surface area contributed by atoms with Crippen LogP contribution >= 0.6 is 0 Å². The van der Waals surface area contributed by atoms with Crippen molar-refractivity contribution in [2.45, 2.75) is 13.5 Å². The molecule has 0 atom stereocenters. The number of rotatable bonds is 12. The lowest BCUT2D eigenvalue weighted by atomic mass is 9.99. The first kappa shape index (κ1) is 31.5. The Labute approximate surface area is 264 Å². The van der Waals surface area contributed by atoms with E-state index in [1.807, 2.05) is 67.7 Å². The first-order valence-electron chi connectivity index (χ1n) is 14.6. The number of nitrogens with one attached hydrogen (secondary N) is 2. The number of fused-ring (bicyclic) bond motifs is 1. The number of hydrogen-bond acceptors (Lipinski definition) is 7. The summed E-state index contributed by atoms with van der Waals surface area (Å²) in [6.45, 7) is 3.53. The maximum Gasteiger partial charge on any atom is 0.338 e. The highest BCUT2D eigenvalue weighted by Crippen LogP contribution is 2.38. The van der Waals surface area contributed by atoms with Crippen molar-refractivity contribution in [1.29, 1.82) is 0 Å². The van der Waals surface area contributed by atoms with Crippen LogP contribution in [-0.2, 0) is 26.1 Å². The smallest absolute Gasteiger partial charge is 0.338 e. The van der Waals surface area contributed by atoms with E-state index >= 15 is 0 Å². The predicted octanol–water partition coefficient (Wildman–Crippen LogP) is 5.69. The number of amides is 1. The topological polar surface area (TPSA) is 108 Å². The number of ether oxygens (including phenoxy) is 1. The minimum absolute atomic E-state index is 0.252. The van der Waals surface area contributed by atoms with Gasteiger partial charge < -0.3 is 20.3 Å². The van der Waals surface area contributed by atoms with Crippen LogP contribution in [0.4, 0.5) is 17.1 Å². The van der Waals surface area contributed by atoms with Crippen molar-refractivity contribution in [3.8, 4) is 0 Å². The maximum atomic E-state index is 13.3. The molecule has 1 aliphatic heterocycles. The fourth-order valence-electron chi connectivity index (χ4n) is 5.22. The molecule has 2 N–H and O–H groups in total. The monoisotopic (exact) mass is 624 g/mol. The number of esters is 1. The molecule has 1 heterocycles. The van der Waals surface area contributed by atoms with Crippen molar-refractivity contribution in [1.82, 2.24) is 4.90 Å². The van der Waals surface area contributed by atoms with Gasteiger partial charge in [-0.05, 0) is 61.5 Å². The molecule has 1 amide bonds. The summed E-state index contributed by atoms with van der Waals surface area (Å²) in [6, 6.07) is 31.6. The first-order valence-corrected chi connectivity index (χ1v) is 16.5. The summed E-state index contributed by atoms with van der Waals surface area (Å²) in [5.74, 6) is -0.767. The molecule has 0 fully saturated rings. The van der Waals surface area contributed by atoms with Gasteiger partial charge in [0.25, 0.3) is 5.91 Å². The normalized spacial score (nSPS) is 13.6. The van der Waals surface area contributed by atoms with Crippen LogP contribution in [-0.4, -0.2) is 58.2 Å². The molecule has 0 bridgehead atoms. The first-order chi connectivity index (χ1) is 21.6. The van der Waals surface area contributed by atoms with Crippen molar-refractivity contribution in [3.05, 3.63) is 125 Å². The van der Waals surface area contributed by atoms with Gasteiger partial charge in [-0.3, -0.25) is 9.10 Å². The van der Waals surface area contributed by atoms with Crippen molar-refractivity contribution in [3.63, 3.8) is 0 Å². The summed E-state index contributed by atoms with van der Waals surface area (Å²) < 4.78 is 32.1. The Morgan fingerprint density at radius 3 is 2.18 bits per heavy atom. The second-order valence-electron chi connectivity index (χ2n) is 10.8. The zero-order chi connectivity index (χ0) is 32.0. The number of likely N-dealkylation sites (N-methyl/N-ethyl adjacent to an activating group) is 1. The van der Waals surface area contributed by atoms with Crippen molar-refractivity contribution >= 4 is 50.2 Å². The number of sulfonamides is 1. The van der Waals surface area contributed by atoms with Crippen LogP contribution in [0, 0.1) is 0 Å². The van der Waals surface area contributed by atoms with Gasteiger partial charge in [0.1, 0.15) is 0 Å². The van der Waals surface area contributed by atoms with Crippen molar-refractivity contribution in [2.75, 3.05) is 47.9 Å². The molecule has 0 saturated carbocycles. The summed E-state index contributed by atoms with van der Waals surface area (Å²) in [7, 11) is -1.58. The number of carbonyl (C=O) groups is 2. The molecule has 0 unspecified atom stereocenters. The quantitative estimate of drug-likeness (QED) is 0.154. The summed E-state index contributed by atoms with van der Waals surface area (Å²) in [4.78, 5) is 27.7. The molecule has 5 rings (SSSR count). The second kappa shape index (κ2) is 13.8. The van der Waals surface area contributed by atoms with Crippen molar-refractivity contribution < 1.29 is 22.7 Å². The van der Waals surface area contributed by atoms with Crippen LogP contribution in [0.3, 0.4) is 0 Å². The maximum absolute atomic E-state index is 13.3. The standard InChI is InChI=1S/C35H36N4O5S/c1-4-44-35(41)27-15-20-30-31(23-27)37-34(40)32(30)33(26-13-9-6-10-14-26)36-28-16-18-29(19-17-28)39(45(3,42)43)22-21-38(2)24-25-11-7-5-8-12-25/h5-20,23,36H,4,21-22,24H2,1-3H3,(H,37,40)/b33-32-. The fourth-order valence-corrected chi connectivity index (χ4v) is 6.14. The van der Waals surface area contributed by atoms with E-state index in [1.165, 1.54) is 10.6 Å². The number of hydrogen-bond donors (Lipinski definition) is 2. The van der Waals surface area contributed by atoms with Crippen LogP contribution < -0.4 is 14.9 Å². The van der Waals surface area contributed by atoms with Crippen LogP contribution in [0.25, 0.3) is 11.3 Å². The third kappa shape index (κ3) is 7.60. The molecule has 232 valence electrons. The molecule has 0 saturated heterocycles. The van der Waals surface area contributed by atoms with E-state index in [4.69, 9.17) is 4.74 Å². The van der Waals surface area contributed by atoms with Gasteiger partial charge in [0, 0.05) is 30.9 Å². The highest BCUT2D eigenvalue weighted by atomic mass is 32.2. The average molecular weight is 625 g/mol. The number of anilines is 3. The third-order valence-corrected chi connectivity index (χ3v) is 8.59. The van der Waals surface area contributed by atoms with Gasteiger partial charge in [-0.25, -0.2) is 13.2 Å². The highest BCUT2D eigenvalue weighted by Gasteiger charge is 2.29. The van der Waals surface area contributed by atoms with E-state index in [2.05, 4.69) is 15.5 Å². The Morgan fingerprint density at radius 1 is 0.867 bits per heavy atom. The number of nitrogens with zero attached hydrogens (tertiary/aromatic N) is 2. The molecule has 0 aliphatic carbocycles.